The van der Waals surface area contributed by atoms with Crippen LogP contribution in [0.2, 0.25) is 0 Å². The van der Waals surface area contributed by atoms with E-state index in [1.165, 1.54) is 0 Å². The summed E-state index contributed by atoms with van der Waals surface area (Å²) in [6, 6.07) is 0.602. The zero-order valence-electron chi connectivity index (χ0n) is 11.0. The third kappa shape index (κ3) is 3.20. The first-order valence-electron chi connectivity index (χ1n) is 7.03. The lowest BCUT2D eigenvalue weighted by Crippen LogP contribution is -2.54. The van der Waals surface area contributed by atoms with Crippen LogP contribution < -0.4 is 5.32 Å². The van der Waals surface area contributed by atoms with Crippen molar-refractivity contribution in [2.75, 3.05) is 37.7 Å². The largest absolute Gasteiger partial charge is 0.335 e. The van der Waals surface area contributed by atoms with Gasteiger partial charge in [-0.2, -0.15) is 0 Å². The molecule has 108 valence electrons. The molecule has 1 atom stereocenters. The Morgan fingerprint density at radius 3 is 2.26 bits per heavy atom. The van der Waals surface area contributed by atoms with Gasteiger partial charge in [0.2, 0.25) is 0 Å². The number of carbonyl (C=O) groups is 1. The first kappa shape index (κ1) is 13.2. The van der Waals surface area contributed by atoms with E-state index in [2.05, 4.69) is 10.2 Å². The van der Waals surface area contributed by atoms with Crippen LogP contribution in [-0.4, -0.2) is 74.0 Å². The lowest BCUT2D eigenvalue weighted by molar-refractivity contribution is 0.115. The van der Waals surface area contributed by atoms with Crippen LogP contribution in [0.4, 0.5) is 4.79 Å². The van der Waals surface area contributed by atoms with Gasteiger partial charge in [0.25, 0.3) is 0 Å². The summed E-state index contributed by atoms with van der Waals surface area (Å²) in [5.41, 5.74) is 0. The Kier molecular flexibility index (Phi) is 3.42. The van der Waals surface area contributed by atoms with Gasteiger partial charge in [-0.25, -0.2) is 13.2 Å². The van der Waals surface area contributed by atoms with Crippen molar-refractivity contribution in [3.63, 3.8) is 0 Å². The molecule has 1 saturated carbocycles. The Morgan fingerprint density at radius 1 is 1.05 bits per heavy atom. The molecule has 0 aromatic rings. The van der Waals surface area contributed by atoms with Crippen LogP contribution in [0.15, 0.2) is 0 Å². The molecule has 1 aliphatic carbocycles. The third-order valence-corrected chi connectivity index (χ3v) is 5.98. The third-order valence-electron chi connectivity index (χ3n) is 4.23. The van der Waals surface area contributed by atoms with Gasteiger partial charge in [0, 0.05) is 38.3 Å². The summed E-state index contributed by atoms with van der Waals surface area (Å²) in [7, 11) is -2.82. The topological polar surface area (TPSA) is 69.7 Å². The molecular formula is C12H21N3O3S. The summed E-state index contributed by atoms with van der Waals surface area (Å²) >= 11 is 0. The second-order valence-electron chi connectivity index (χ2n) is 5.80. The molecule has 1 unspecified atom stereocenters. The monoisotopic (exact) mass is 287 g/mol. The molecule has 0 radical (unpaired) electrons. The van der Waals surface area contributed by atoms with Crippen LogP contribution in [0.1, 0.15) is 19.3 Å². The molecular weight excluding hydrogens is 266 g/mol. The molecule has 3 fully saturated rings. The van der Waals surface area contributed by atoms with E-state index in [1.807, 2.05) is 4.90 Å². The maximum Gasteiger partial charge on any atom is 0.317 e. The van der Waals surface area contributed by atoms with Crippen LogP contribution in [0.25, 0.3) is 0 Å². The molecule has 19 heavy (non-hydrogen) atoms. The Balaban J connectivity index is 1.47. The van der Waals surface area contributed by atoms with E-state index < -0.39 is 9.84 Å². The lowest BCUT2D eigenvalue weighted by Gasteiger charge is -2.37. The Labute approximate surface area is 114 Å². The summed E-state index contributed by atoms with van der Waals surface area (Å²) in [5, 5.41) is 2.99. The van der Waals surface area contributed by atoms with E-state index in [9.17, 15) is 13.2 Å². The predicted octanol–water partition coefficient (Wildman–Crippen LogP) is -0.337. The highest BCUT2D eigenvalue weighted by Crippen LogP contribution is 2.21. The molecule has 0 bridgehead atoms. The summed E-state index contributed by atoms with van der Waals surface area (Å²) in [6.45, 7) is 2.99. The van der Waals surface area contributed by atoms with E-state index in [0.29, 0.717) is 30.6 Å². The van der Waals surface area contributed by atoms with Gasteiger partial charge in [-0.3, -0.25) is 4.90 Å². The van der Waals surface area contributed by atoms with Crippen molar-refractivity contribution >= 4 is 15.9 Å². The van der Waals surface area contributed by atoms with E-state index >= 15 is 0 Å². The number of sulfone groups is 1. The molecule has 0 aromatic heterocycles. The van der Waals surface area contributed by atoms with E-state index in [4.69, 9.17) is 0 Å². The highest BCUT2D eigenvalue weighted by molar-refractivity contribution is 7.91. The van der Waals surface area contributed by atoms with Crippen LogP contribution in [-0.2, 0) is 9.84 Å². The van der Waals surface area contributed by atoms with Crippen molar-refractivity contribution in [1.82, 2.24) is 15.1 Å². The quantitative estimate of drug-likeness (QED) is 0.754. The van der Waals surface area contributed by atoms with E-state index in [-0.39, 0.29) is 12.1 Å². The van der Waals surface area contributed by atoms with Gasteiger partial charge < -0.3 is 10.2 Å². The Bertz CT molecular complexity index is 453. The number of amides is 2. The molecule has 0 aromatic carbocycles. The Morgan fingerprint density at radius 2 is 1.74 bits per heavy atom. The van der Waals surface area contributed by atoms with Gasteiger partial charge in [0.1, 0.15) is 0 Å². The summed E-state index contributed by atoms with van der Waals surface area (Å²) in [6.07, 6.45) is 2.95. The van der Waals surface area contributed by atoms with Crippen LogP contribution in [0.5, 0.6) is 0 Å². The predicted molar refractivity (Wildman–Crippen MR) is 71.8 cm³/mol. The maximum absolute atomic E-state index is 11.9. The lowest BCUT2D eigenvalue weighted by atomic mass is 10.2. The molecule has 0 spiro atoms. The van der Waals surface area contributed by atoms with Crippen LogP contribution in [0.3, 0.4) is 0 Å². The maximum atomic E-state index is 11.9. The summed E-state index contributed by atoms with van der Waals surface area (Å²) in [5.74, 6) is 0.612. The van der Waals surface area contributed by atoms with Crippen molar-refractivity contribution in [2.45, 2.75) is 31.3 Å². The van der Waals surface area contributed by atoms with E-state index in [0.717, 1.165) is 32.4 Å². The number of nitrogens with zero attached hydrogens (tertiary/aromatic N) is 2. The van der Waals surface area contributed by atoms with Gasteiger partial charge in [-0.15, -0.1) is 0 Å². The number of rotatable bonds is 2. The summed E-state index contributed by atoms with van der Waals surface area (Å²) < 4.78 is 23.0. The zero-order chi connectivity index (χ0) is 13.5. The average molecular weight is 287 g/mol. The van der Waals surface area contributed by atoms with Crippen molar-refractivity contribution in [1.29, 1.82) is 0 Å². The minimum atomic E-state index is -2.82. The fraction of sp³-hybridized carbons (Fsp3) is 0.917. The van der Waals surface area contributed by atoms with Gasteiger partial charge in [0.15, 0.2) is 9.84 Å². The number of nitrogens with one attached hydrogen (secondary N) is 1. The van der Waals surface area contributed by atoms with Crippen molar-refractivity contribution in [2.24, 2.45) is 0 Å². The van der Waals surface area contributed by atoms with Crippen LogP contribution >= 0.6 is 0 Å². The van der Waals surface area contributed by atoms with Crippen LogP contribution in [0, 0.1) is 0 Å². The summed E-state index contributed by atoms with van der Waals surface area (Å²) in [4.78, 5) is 16.0. The normalized spacial score (nSPS) is 31.4. The highest BCUT2D eigenvalue weighted by atomic mass is 32.2. The SMILES string of the molecule is O=C(NC1CC1)N1CCN(C2CCS(=O)(=O)C2)CC1. The number of hydrogen-bond donors (Lipinski definition) is 1. The Hall–Kier alpha value is -0.820. The molecule has 3 aliphatic rings. The van der Waals surface area contributed by atoms with Crippen molar-refractivity contribution in [3.05, 3.63) is 0 Å². The average Bonchev–Trinajstić information content (AvgIpc) is 3.11. The smallest absolute Gasteiger partial charge is 0.317 e. The number of urea groups is 1. The standard InChI is InChI=1S/C12H21N3O3S/c16-12(13-10-1-2-10)15-6-4-14(5-7-15)11-3-8-19(17,18)9-11/h10-11H,1-9H2,(H,13,16). The molecule has 6 nitrogen and oxygen atoms in total. The van der Waals surface area contributed by atoms with Crippen molar-refractivity contribution in [3.8, 4) is 0 Å². The van der Waals surface area contributed by atoms with Gasteiger partial charge in [0.05, 0.1) is 11.5 Å². The fourth-order valence-electron chi connectivity index (χ4n) is 2.85. The second kappa shape index (κ2) is 4.94. The minimum absolute atomic E-state index is 0.0428. The molecule has 2 saturated heterocycles. The number of piperazine rings is 1. The second-order valence-corrected chi connectivity index (χ2v) is 8.03. The molecule has 3 rings (SSSR count). The highest BCUT2D eigenvalue weighted by Gasteiger charge is 2.35. The fourth-order valence-corrected chi connectivity index (χ4v) is 4.61. The number of carbonyl (C=O) groups excluding carboxylic acids is 1. The molecule has 2 aliphatic heterocycles. The van der Waals surface area contributed by atoms with Gasteiger partial charge in [-0.05, 0) is 19.3 Å². The molecule has 7 heteroatoms. The number of hydrogen-bond acceptors (Lipinski definition) is 4. The molecule has 1 N–H and O–H groups in total. The van der Waals surface area contributed by atoms with E-state index in [1.54, 1.807) is 0 Å². The zero-order valence-corrected chi connectivity index (χ0v) is 11.9. The van der Waals surface area contributed by atoms with Gasteiger partial charge >= 0.3 is 6.03 Å². The van der Waals surface area contributed by atoms with Gasteiger partial charge in [-0.1, -0.05) is 0 Å². The first-order chi connectivity index (χ1) is 9.03. The van der Waals surface area contributed by atoms with Crippen molar-refractivity contribution < 1.29 is 13.2 Å². The minimum Gasteiger partial charge on any atom is -0.335 e. The molecule has 2 amide bonds. The first-order valence-corrected chi connectivity index (χ1v) is 8.85. The molecule has 2 heterocycles.